The van der Waals surface area contributed by atoms with Gasteiger partial charge in [0, 0.05) is 43.7 Å². The van der Waals surface area contributed by atoms with Crippen molar-refractivity contribution in [3.8, 4) is 0 Å². The number of aryl methyl sites for hydroxylation is 1. The lowest BCUT2D eigenvalue weighted by Crippen LogP contribution is -2.57. The highest BCUT2D eigenvalue weighted by molar-refractivity contribution is 7.92. The maximum atomic E-state index is 12.2. The summed E-state index contributed by atoms with van der Waals surface area (Å²) in [6.07, 6.45) is 3.77. The Bertz CT molecular complexity index is 680. The van der Waals surface area contributed by atoms with Crippen molar-refractivity contribution in [2.45, 2.75) is 45.3 Å². The summed E-state index contributed by atoms with van der Waals surface area (Å²) in [6, 6.07) is 0. The Morgan fingerprint density at radius 3 is 2.79 bits per heavy atom. The van der Waals surface area contributed by atoms with Crippen molar-refractivity contribution in [2.24, 2.45) is 4.99 Å². The number of sulfone groups is 1. The summed E-state index contributed by atoms with van der Waals surface area (Å²) < 4.78 is 23.6. The second-order valence-corrected chi connectivity index (χ2v) is 10.5. The van der Waals surface area contributed by atoms with Crippen LogP contribution in [0.25, 0.3) is 0 Å². The molecule has 8 heteroatoms. The van der Waals surface area contributed by atoms with Crippen LogP contribution in [0.3, 0.4) is 0 Å². The average Bonchev–Trinajstić information content (AvgIpc) is 2.97. The molecule has 136 valence electrons. The molecule has 0 radical (unpaired) electrons. The van der Waals surface area contributed by atoms with Gasteiger partial charge in [-0.1, -0.05) is 6.92 Å². The number of hydrogen-bond donors (Lipinski definition) is 1. The Labute approximate surface area is 149 Å². The lowest BCUT2D eigenvalue weighted by Gasteiger charge is -2.39. The van der Waals surface area contributed by atoms with E-state index in [0.29, 0.717) is 19.6 Å². The van der Waals surface area contributed by atoms with Gasteiger partial charge in [0.2, 0.25) is 0 Å². The smallest absolute Gasteiger partial charge is 0.194 e. The Hall–Kier alpha value is -1.15. The number of rotatable bonds is 5. The van der Waals surface area contributed by atoms with E-state index < -0.39 is 14.6 Å². The SMILES string of the molecule is CCNC(=NCCc1ncc(CC)s1)N1CCS(=O)(=O)C(C)(C)C1. The first-order valence-corrected chi connectivity index (χ1v) is 10.9. The van der Waals surface area contributed by atoms with E-state index in [1.54, 1.807) is 25.2 Å². The molecule has 1 saturated heterocycles. The van der Waals surface area contributed by atoms with Gasteiger partial charge < -0.3 is 10.2 Å². The van der Waals surface area contributed by atoms with Crippen LogP contribution >= 0.6 is 11.3 Å². The Balaban J connectivity index is 2.03. The van der Waals surface area contributed by atoms with Crippen molar-refractivity contribution in [3.63, 3.8) is 0 Å². The summed E-state index contributed by atoms with van der Waals surface area (Å²) in [5, 5.41) is 4.39. The molecule has 0 amide bonds. The van der Waals surface area contributed by atoms with Gasteiger partial charge in [-0.25, -0.2) is 13.4 Å². The fraction of sp³-hybridized carbons (Fsp3) is 0.750. The lowest BCUT2D eigenvalue weighted by molar-refractivity contribution is 0.353. The minimum Gasteiger partial charge on any atom is -0.357 e. The van der Waals surface area contributed by atoms with Crippen LogP contribution in [0.15, 0.2) is 11.2 Å². The van der Waals surface area contributed by atoms with E-state index in [-0.39, 0.29) is 5.75 Å². The fourth-order valence-corrected chi connectivity index (χ4v) is 4.85. The maximum Gasteiger partial charge on any atom is 0.194 e. The third-order valence-electron chi connectivity index (χ3n) is 4.22. The van der Waals surface area contributed by atoms with Crippen LogP contribution in [0.4, 0.5) is 0 Å². The molecule has 0 aromatic carbocycles. The van der Waals surface area contributed by atoms with Crippen molar-refractivity contribution in [1.82, 2.24) is 15.2 Å². The summed E-state index contributed by atoms with van der Waals surface area (Å²) in [5.74, 6) is 0.976. The predicted octanol–water partition coefficient (Wildman–Crippen LogP) is 1.72. The first-order valence-electron chi connectivity index (χ1n) is 8.48. The number of guanidine groups is 1. The van der Waals surface area contributed by atoms with Gasteiger partial charge in [0.25, 0.3) is 0 Å². The Morgan fingerprint density at radius 2 is 2.21 bits per heavy atom. The van der Waals surface area contributed by atoms with Gasteiger partial charge in [0.05, 0.1) is 15.5 Å². The maximum absolute atomic E-state index is 12.2. The summed E-state index contributed by atoms with van der Waals surface area (Å²) >= 11 is 1.74. The molecule has 2 heterocycles. The monoisotopic (exact) mass is 372 g/mol. The second-order valence-electron chi connectivity index (χ2n) is 6.56. The van der Waals surface area contributed by atoms with Crippen molar-refractivity contribution in [1.29, 1.82) is 0 Å². The fourth-order valence-electron chi connectivity index (χ4n) is 2.63. The summed E-state index contributed by atoms with van der Waals surface area (Å²) in [4.78, 5) is 12.5. The van der Waals surface area contributed by atoms with E-state index in [9.17, 15) is 8.42 Å². The van der Waals surface area contributed by atoms with Crippen LogP contribution in [0.2, 0.25) is 0 Å². The quantitative estimate of drug-likeness (QED) is 0.629. The molecule has 0 aliphatic carbocycles. The van der Waals surface area contributed by atoms with Crippen LogP contribution in [-0.2, 0) is 22.7 Å². The normalized spacial score (nSPS) is 20.2. The number of nitrogens with one attached hydrogen (secondary N) is 1. The zero-order chi connectivity index (χ0) is 17.8. The topological polar surface area (TPSA) is 74.7 Å². The Morgan fingerprint density at radius 1 is 1.46 bits per heavy atom. The molecule has 1 aromatic rings. The van der Waals surface area contributed by atoms with Crippen molar-refractivity contribution in [3.05, 3.63) is 16.1 Å². The molecule has 1 N–H and O–H groups in total. The molecule has 0 bridgehead atoms. The molecular weight excluding hydrogens is 344 g/mol. The van der Waals surface area contributed by atoms with E-state index in [1.807, 2.05) is 13.1 Å². The molecule has 1 fully saturated rings. The molecule has 0 spiro atoms. The van der Waals surface area contributed by atoms with Gasteiger partial charge in [-0.15, -0.1) is 11.3 Å². The minimum atomic E-state index is -3.04. The first kappa shape index (κ1) is 19.2. The summed E-state index contributed by atoms with van der Waals surface area (Å²) in [5.41, 5.74) is 0. The highest BCUT2D eigenvalue weighted by Crippen LogP contribution is 2.23. The van der Waals surface area contributed by atoms with Crippen LogP contribution in [0, 0.1) is 0 Å². The molecule has 0 atom stereocenters. The highest BCUT2D eigenvalue weighted by Gasteiger charge is 2.40. The second kappa shape index (κ2) is 7.82. The molecule has 24 heavy (non-hydrogen) atoms. The number of hydrogen-bond acceptors (Lipinski definition) is 5. The molecule has 0 unspecified atom stereocenters. The van der Waals surface area contributed by atoms with Gasteiger partial charge in [-0.05, 0) is 27.2 Å². The number of nitrogens with zero attached hydrogens (tertiary/aromatic N) is 3. The van der Waals surface area contributed by atoms with Gasteiger partial charge >= 0.3 is 0 Å². The van der Waals surface area contributed by atoms with Gasteiger partial charge in [-0.2, -0.15) is 0 Å². The van der Waals surface area contributed by atoms with E-state index in [4.69, 9.17) is 0 Å². The van der Waals surface area contributed by atoms with Crippen LogP contribution in [0.1, 0.15) is 37.6 Å². The largest absolute Gasteiger partial charge is 0.357 e. The zero-order valence-corrected chi connectivity index (χ0v) is 16.6. The minimum absolute atomic E-state index is 0.177. The van der Waals surface area contributed by atoms with Gasteiger partial charge in [0.15, 0.2) is 15.8 Å². The highest BCUT2D eigenvalue weighted by atomic mass is 32.2. The molecule has 6 nitrogen and oxygen atoms in total. The van der Waals surface area contributed by atoms with E-state index >= 15 is 0 Å². The lowest BCUT2D eigenvalue weighted by atomic mass is 10.2. The van der Waals surface area contributed by atoms with E-state index in [1.165, 1.54) is 4.88 Å². The molecule has 1 aliphatic heterocycles. The standard InChI is InChI=1S/C16H28N4O2S2/c1-5-13-11-19-14(23-13)7-8-18-15(17-6-2)20-9-10-24(21,22)16(3,4)12-20/h11H,5-10,12H2,1-4H3,(H,17,18). The van der Waals surface area contributed by atoms with Crippen molar-refractivity contribution in [2.75, 3.05) is 31.9 Å². The number of aliphatic imine (C=N–C) groups is 1. The third kappa shape index (κ3) is 4.47. The molecular formula is C16H28N4O2S2. The van der Waals surface area contributed by atoms with Crippen LogP contribution in [0.5, 0.6) is 0 Å². The van der Waals surface area contributed by atoms with E-state index in [2.05, 4.69) is 27.1 Å². The summed E-state index contributed by atoms with van der Waals surface area (Å²) in [7, 11) is -3.04. The summed E-state index contributed by atoms with van der Waals surface area (Å²) in [6.45, 7) is 10.1. The van der Waals surface area contributed by atoms with Crippen LogP contribution in [-0.4, -0.2) is 60.9 Å². The molecule has 1 aromatic heterocycles. The average molecular weight is 373 g/mol. The van der Waals surface area contributed by atoms with Crippen molar-refractivity contribution < 1.29 is 8.42 Å². The molecule has 0 saturated carbocycles. The first-order chi connectivity index (χ1) is 11.3. The van der Waals surface area contributed by atoms with E-state index in [0.717, 1.165) is 30.4 Å². The number of thiazole rings is 1. The number of aromatic nitrogens is 1. The van der Waals surface area contributed by atoms with Crippen LogP contribution < -0.4 is 5.32 Å². The zero-order valence-electron chi connectivity index (χ0n) is 15.0. The van der Waals surface area contributed by atoms with Gasteiger partial charge in [0.1, 0.15) is 0 Å². The Kier molecular flexibility index (Phi) is 6.25. The molecule has 2 rings (SSSR count). The predicted molar refractivity (Wildman–Crippen MR) is 101 cm³/mol. The third-order valence-corrected chi connectivity index (χ3v) is 7.95. The molecule has 1 aliphatic rings. The van der Waals surface area contributed by atoms with Gasteiger partial charge in [-0.3, -0.25) is 4.99 Å². The van der Waals surface area contributed by atoms with Crippen molar-refractivity contribution >= 4 is 27.1 Å².